The van der Waals surface area contributed by atoms with E-state index >= 15 is 0 Å². The molecule has 0 saturated carbocycles. The molecule has 138 valence electrons. The molecule has 2 aromatic carbocycles. The van der Waals surface area contributed by atoms with E-state index in [1.807, 2.05) is 35.2 Å². The van der Waals surface area contributed by atoms with Gasteiger partial charge in [0.05, 0.1) is 11.3 Å². The first-order chi connectivity index (χ1) is 13.0. The van der Waals surface area contributed by atoms with Gasteiger partial charge in [0.2, 0.25) is 0 Å². The monoisotopic (exact) mass is 371 g/mol. The van der Waals surface area contributed by atoms with Crippen LogP contribution >= 0.6 is 0 Å². The minimum atomic E-state index is -1.48. The SMILES string of the molecule is O=c1[nH]c(-c2ccccc2)nc2c1CN(Cc1ccc(F)c(F)c1F)CC2. The zero-order chi connectivity index (χ0) is 19.0. The molecule has 0 amide bonds. The fraction of sp³-hybridized carbons (Fsp3) is 0.200. The highest BCUT2D eigenvalue weighted by Crippen LogP contribution is 2.22. The summed E-state index contributed by atoms with van der Waals surface area (Å²) in [4.78, 5) is 21.7. The van der Waals surface area contributed by atoms with Crippen LogP contribution in [0.25, 0.3) is 11.4 Å². The van der Waals surface area contributed by atoms with Crippen molar-refractivity contribution in [2.45, 2.75) is 19.5 Å². The number of rotatable bonds is 3. The van der Waals surface area contributed by atoms with Crippen molar-refractivity contribution in [3.05, 3.63) is 87.1 Å². The van der Waals surface area contributed by atoms with Gasteiger partial charge in [0.1, 0.15) is 5.82 Å². The number of nitrogens with zero attached hydrogens (tertiary/aromatic N) is 2. The smallest absolute Gasteiger partial charge is 0.255 e. The summed E-state index contributed by atoms with van der Waals surface area (Å²) in [6.45, 7) is 0.893. The molecule has 27 heavy (non-hydrogen) atoms. The zero-order valence-electron chi connectivity index (χ0n) is 14.3. The third kappa shape index (κ3) is 3.38. The number of fused-ring (bicyclic) bond motifs is 1. The Morgan fingerprint density at radius 3 is 2.59 bits per heavy atom. The van der Waals surface area contributed by atoms with Crippen LogP contribution in [0.2, 0.25) is 0 Å². The molecule has 0 aliphatic carbocycles. The minimum Gasteiger partial charge on any atom is -0.306 e. The zero-order valence-corrected chi connectivity index (χ0v) is 14.3. The molecule has 0 fully saturated rings. The summed E-state index contributed by atoms with van der Waals surface area (Å²) in [5.74, 6) is -3.36. The van der Waals surface area contributed by atoms with E-state index in [0.717, 1.165) is 11.6 Å². The van der Waals surface area contributed by atoms with Gasteiger partial charge in [0.25, 0.3) is 5.56 Å². The molecule has 1 aliphatic rings. The largest absolute Gasteiger partial charge is 0.306 e. The van der Waals surface area contributed by atoms with Crippen molar-refractivity contribution in [2.24, 2.45) is 0 Å². The Balaban J connectivity index is 1.59. The fourth-order valence-corrected chi connectivity index (χ4v) is 3.28. The molecule has 1 aliphatic heterocycles. The van der Waals surface area contributed by atoms with E-state index in [9.17, 15) is 18.0 Å². The number of H-pyrrole nitrogens is 1. The van der Waals surface area contributed by atoms with E-state index in [2.05, 4.69) is 9.97 Å². The minimum absolute atomic E-state index is 0.0580. The summed E-state index contributed by atoms with van der Waals surface area (Å²) < 4.78 is 40.4. The summed E-state index contributed by atoms with van der Waals surface area (Å²) in [6.07, 6.45) is 0.518. The van der Waals surface area contributed by atoms with Gasteiger partial charge in [-0.2, -0.15) is 0 Å². The van der Waals surface area contributed by atoms with E-state index in [1.54, 1.807) is 0 Å². The average molecular weight is 371 g/mol. The van der Waals surface area contributed by atoms with Crippen molar-refractivity contribution in [3.63, 3.8) is 0 Å². The Kier molecular flexibility index (Phi) is 4.53. The van der Waals surface area contributed by atoms with E-state index < -0.39 is 17.5 Å². The topological polar surface area (TPSA) is 49.0 Å². The molecule has 4 nitrogen and oxygen atoms in total. The van der Waals surface area contributed by atoms with Crippen molar-refractivity contribution in [3.8, 4) is 11.4 Å². The van der Waals surface area contributed by atoms with Crippen molar-refractivity contribution in [2.75, 3.05) is 6.54 Å². The molecular weight excluding hydrogens is 355 g/mol. The number of hydrogen-bond acceptors (Lipinski definition) is 3. The summed E-state index contributed by atoms with van der Waals surface area (Å²) in [5.41, 5.74) is 1.86. The van der Waals surface area contributed by atoms with Crippen LogP contribution in [0, 0.1) is 17.5 Å². The van der Waals surface area contributed by atoms with Crippen LogP contribution < -0.4 is 5.56 Å². The standard InChI is InChI=1S/C20H16F3N3O/c21-15-7-6-13(17(22)18(15)23)10-26-9-8-16-14(11-26)20(27)25-19(24-16)12-4-2-1-3-5-12/h1-7H,8-11H2,(H,24,25,27). The Labute approximate surface area is 153 Å². The summed E-state index contributed by atoms with van der Waals surface area (Å²) in [7, 11) is 0. The number of hydrogen-bond donors (Lipinski definition) is 1. The normalized spacial score (nSPS) is 14.2. The third-order valence-electron chi connectivity index (χ3n) is 4.70. The fourth-order valence-electron chi connectivity index (χ4n) is 3.28. The first-order valence-corrected chi connectivity index (χ1v) is 8.55. The van der Waals surface area contributed by atoms with E-state index in [0.29, 0.717) is 30.0 Å². The van der Waals surface area contributed by atoms with Crippen LogP contribution in [0.3, 0.4) is 0 Å². The maximum Gasteiger partial charge on any atom is 0.255 e. The van der Waals surface area contributed by atoms with Gasteiger partial charge in [-0.25, -0.2) is 18.2 Å². The molecule has 4 rings (SSSR count). The first kappa shape index (κ1) is 17.5. The lowest BCUT2D eigenvalue weighted by molar-refractivity contribution is 0.237. The van der Waals surface area contributed by atoms with Crippen LogP contribution in [-0.4, -0.2) is 21.4 Å². The van der Waals surface area contributed by atoms with Crippen LogP contribution in [0.15, 0.2) is 47.3 Å². The molecule has 0 spiro atoms. The highest BCUT2D eigenvalue weighted by Gasteiger charge is 2.23. The number of aromatic amines is 1. The molecule has 0 bridgehead atoms. The highest BCUT2D eigenvalue weighted by atomic mass is 19.2. The van der Waals surface area contributed by atoms with Gasteiger partial charge in [-0.1, -0.05) is 36.4 Å². The maximum absolute atomic E-state index is 13.9. The summed E-state index contributed by atoms with van der Waals surface area (Å²) in [5, 5.41) is 0. The molecule has 0 unspecified atom stereocenters. The number of aromatic nitrogens is 2. The van der Waals surface area contributed by atoms with Gasteiger partial charge in [0.15, 0.2) is 17.5 Å². The van der Waals surface area contributed by atoms with Gasteiger partial charge >= 0.3 is 0 Å². The Morgan fingerprint density at radius 2 is 1.81 bits per heavy atom. The van der Waals surface area contributed by atoms with E-state index in [4.69, 9.17) is 0 Å². The molecule has 3 aromatic rings. The second-order valence-electron chi connectivity index (χ2n) is 6.50. The van der Waals surface area contributed by atoms with Gasteiger partial charge in [-0.05, 0) is 6.07 Å². The van der Waals surface area contributed by atoms with Gasteiger partial charge in [-0.3, -0.25) is 9.69 Å². The van der Waals surface area contributed by atoms with E-state index in [1.165, 1.54) is 6.07 Å². The number of nitrogens with one attached hydrogen (secondary N) is 1. The summed E-state index contributed by atoms with van der Waals surface area (Å²) in [6, 6.07) is 11.5. The van der Waals surface area contributed by atoms with Crippen molar-refractivity contribution in [1.29, 1.82) is 0 Å². The lowest BCUT2D eigenvalue weighted by Crippen LogP contribution is -2.35. The maximum atomic E-state index is 13.9. The van der Waals surface area contributed by atoms with Gasteiger partial charge in [-0.15, -0.1) is 0 Å². The molecule has 1 N–H and O–H groups in total. The highest BCUT2D eigenvalue weighted by molar-refractivity contribution is 5.54. The van der Waals surface area contributed by atoms with E-state index in [-0.39, 0.29) is 24.2 Å². The molecule has 0 atom stereocenters. The van der Waals surface area contributed by atoms with Crippen LogP contribution in [0.5, 0.6) is 0 Å². The van der Waals surface area contributed by atoms with Crippen molar-refractivity contribution >= 4 is 0 Å². The summed E-state index contributed by atoms with van der Waals surface area (Å²) >= 11 is 0. The second-order valence-corrected chi connectivity index (χ2v) is 6.50. The third-order valence-corrected chi connectivity index (χ3v) is 4.70. The number of benzene rings is 2. The van der Waals surface area contributed by atoms with Crippen LogP contribution in [0.4, 0.5) is 13.2 Å². The Hall–Kier alpha value is -2.93. The molecule has 2 heterocycles. The van der Waals surface area contributed by atoms with Crippen LogP contribution in [-0.2, 0) is 19.5 Å². The predicted octanol–water partition coefficient (Wildman–Crippen LogP) is 3.41. The molecule has 7 heteroatoms. The molecule has 0 saturated heterocycles. The quantitative estimate of drug-likeness (QED) is 0.718. The lowest BCUT2D eigenvalue weighted by atomic mass is 10.0. The first-order valence-electron chi connectivity index (χ1n) is 8.55. The molecular formula is C20H16F3N3O. The molecule has 1 aromatic heterocycles. The van der Waals surface area contributed by atoms with Crippen molar-refractivity contribution in [1.82, 2.24) is 14.9 Å². The average Bonchev–Trinajstić information content (AvgIpc) is 2.69. The number of halogens is 3. The Bertz CT molecular complexity index is 1050. The van der Waals surface area contributed by atoms with Crippen molar-refractivity contribution < 1.29 is 13.2 Å². The Morgan fingerprint density at radius 1 is 1.04 bits per heavy atom. The predicted molar refractivity (Wildman–Crippen MR) is 94.4 cm³/mol. The van der Waals surface area contributed by atoms with Gasteiger partial charge in [0, 0.05) is 37.2 Å². The lowest BCUT2D eigenvalue weighted by Gasteiger charge is -2.27. The molecule has 0 radical (unpaired) electrons. The van der Waals surface area contributed by atoms with Gasteiger partial charge < -0.3 is 4.98 Å². The second kappa shape index (κ2) is 7.00. The van der Waals surface area contributed by atoms with Crippen LogP contribution in [0.1, 0.15) is 16.8 Å².